The van der Waals surface area contributed by atoms with Gasteiger partial charge in [-0.05, 0) is 19.8 Å². The van der Waals surface area contributed by atoms with Crippen LogP contribution in [0.5, 0.6) is 0 Å². The summed E-state index contributed by atoms with van der Waals surface area (Å²) >= 11 is 0. The maximum atomic E-state index is 11.0. The summed E-state index contributed by atoms with van der Waals surface area (Å²) in [5.74, 6) is 0.155. The van der Waals surface area contributed by atoms with Gasteiger partial charge in [-0.1, -0.05) is 0 Å². The predicted molar refractivity (Wildman–Crippen MR) is 58.9 cm³/mol. The molecule has 1 heterocycles. The van der Waals surface area contributed by atoms with E-state index in [1.165, 1.54) is 0 Å². The lowest BCUT2D eigenvalue weighted by molar-refractivity contribution is -0.695. The zero-order valence-electron chi connectivity index (χ0n) is 9.76. The van der Waals surface area contributed by atoms with Gasteiger partial charge in [0.15, 0.2) is 6.20 Å². The molecule has 0 aliphatic heterocycles. The van der Waals surface area contributed by atoms with Gasteiger partial charge in [0.05, 0.1) is 13.2 Å². The van der Waals surface area contributed by atoms with Crippen molar-refractivity contribution in [2.45, 2.75) is 32.7 Å². The van der Waals surface area contributed by atoms with Crippen LogP contribution >= 0.6 is 0 Å². The molecule has 17 heavy (non-hydrogen) atoms. The summed E-state index contributed by atoms with van der Waals surface area (Å²) in [7, 11) is 0. The van der Waals surface area contributed by atoms with Gasteiger partial charge in [0, 0.05) is 11.6 Å². The average Bonchev–Trinajstić information content (AvgIpc) is 2.73. The third-order valence-electron chi connectivity index (χ3n) is 2.12. The Kier molecular flexibility index (Phi) is 7.53. The Hall–Kier alpha value is -1.76. The van der Waals surface area contributed by atoms with Crippen LogP contribution in [0.4, 0.5) is 5.82 Å². The van der Waals surface area contributed by atoms with Gasteiger partial charge < -0.3 is 10.2 Å². The summed E-state index contributed by atoms with van der Waals surface area (Å²) in [6, 6.07) is 0. The van der Waals surface area contributed by atoms with Gasteiger partial charge in [0.2, 0.25) is 6.33 Å². The average molecular weight is 243 g/mol. The van der Waals surface area contributed by atoms with Gasteiger partial charge in [-0.25, -0.2) is 9.55 Å². The zero-order valence-corrected chi connectivity index (χ0v) is 9.76. The third-order valence-corrected chi connectivity index (χ3v) is 2.12. The number of nitroso groups, excluding NO2 is 1. The van der Waals surface area contributed by atoms with E-state index < -0.39 is 0 Å². The number of rotatable bonds is 7. The molecule has 0 saturated heterocycles. The van der Waals surface area contributed by atoms with Crippen molar-refractivity contribution in [2.24, 2.45) is 5.18 Å². The van der Waals surface area contributed by atoms with Crippen molar-refractivity contribution in [2.75, 3.05) is 6.61 Å². The molecule has 7 nitrogen and oxygen atoms in total. The van der Waals surface area contributed by atoms with Crippen molar-refractivity contribution in [3.05, 3.63) is 17.4 Å². The van der Waals surface area contributed by atoms with Gasteiger partial charge in [-0.3, -0.25) is 4.79 Å². The topological polar surface area (TPSA) is 105 Å². The number of carbonyl (C=O) groups is 1. The second kappa shape index (κ2) is 8.40. The summed E-state index contributed by atoms with van der Waals surface area (Å²) in [4.78, 5) is 23.9. The van der Waals surface area contributed by atoms with Gasteiger partial charge >= 0.3 is 5.97 Å². The number of aromatic amines is 1. The van der Waals surface area contributed by atoms with Crippen molar-refractivity contribution in [1.29, 1.82) is 0 Å². The number of nitrogens with zero attached hydrogens (tertiary/aromatic N) is 2. The van der Waals surface area contributed by atoms with Crippen LogP contribution in [0.15, 0.2) is 17.7 Å². The smallest absolute Gasteiger partial charge is 0.305 e. The monoisotopic (exact) mass is 243 g/mol. The molecule has 96 valence electrons. The highest BCUT2D eigenvalue weighted by atomic mass is 16.5. The molecule has 2 N–H and O–H groups in total. The first-order chi connectivity index (χ1) is 7.76. The van der Waals surface area contributed by atoms with Crippen LogP contribution < -0.4 is 4.57 Å². The molecule has 0 fully saturated rings. The lowest BCUT2D eigenvalue weighted by atomic mass is 10.2. The van der Waals surface area contributed by atoms with Crippen LogP contribution in [-0.2, 0) is 16.1 Å². The van der Waals surface area contributed by atoms with Crippen molar-refractivity contribution in [3.8, 4) is 0 Å². The second-order valence-corrected chi connectivity index (χ2v) is 3.38. The molecule has 0 unspecified atom stereocenters. The van der Waals surface area contributed by atoms with Crippen LogP contribution in [0.2, 0.25) is 0 Å². The van der Waals surface area contributed by atoms with E-state index in [2.05, 4.69) is 10.2 Å². The first kappa shape index (κ1) is 15.2. The van der Waals surface area contributed by atoms with Crippen LogP contribution in [0.3, 0.4) is 0 Å². The molecule has 1 aromatic heterocycles. The van der Waals surface area contributed by atoms with Crippen LogP contribution in [0.25, 0.3) is 0 Å². The number of H-pyrrole nitrogens is 1. The van der Waals surface area contributed by atoms with Crippen molar-refractivity contribution >= 4 is 11.8 Å². The molecule has 0 aliphatic rings. The number of aromatic nitrogens is 2. The zero-order chi connectivity index (χ0) is 11.8. The molecule has 1 aromatic rings. The Balaban J connectivity index is 0.00000256. The Morgan fingerprint density at radius 3 is 2.88 bits per heavy atom. The maximum Gasteiger partial charge on any atom is 0.305 e. The molecule has 0 aromatic carbocycles. The van der Waals surface area contributed by atoms with E-state index in [0.717, 1.165) is 19.4 Å². The summed E-state index contributed by atoms with van der Waals surface area (Å²) in [5, 5.41) is 2.77. The highest BCUT2D eigenvalue weighted by molar-refractivity contribution is 5.69. The number of nitrogens with one attached hydrogen (secondary N) is 1. The summed E-state index contributed by atoms with van der Waals surface area (Å²) in [5.41, 5.74) is 0. The fourth-order valence-electron chi connectivity index (χ4n) is 1.36. The molecule has 0 atom stereocenters. The summed E-state index contributed by atoms with van der Waals surface area (Å²) < 4.78 is 6.64. The minimum absolute atomic E-state index is 0. The van der Waals surface area contributed by atoms with Gasteiger partial charge in [-0.2, -0.15) is 0 Å². The summed E-state index contributed by atoms with van der Waals surface area (Å²) in [6.45, 7) is 2.98. The fourth-order valence-corrected chi connectivity index (χ4v) is 1.36. The molecular formula is C10H17N3O4. The number of unbranched alkanes of at least 4 members (excludes halogenated alkanes) is 1. The van der Waals surface area contributed by atoms with Crippen LogP contribution in [0, 0.1) is 4.91 Å². The second-order valence-electron chi connectivity index (χ2n) is 3.38. The van der Waals surface area contributed by atoms with Crippen molar-refractivity contribution < 1.29 is 19.6 Å². The Morgan fingerprint density at radius 2 is 2.29 bits per heavy atom. The quantitative estimate of drug-likeness (QED) is 0.336. The summed E-state index contributed by atoms with van der Waals surface area (Å²) in [6.07, 6.45) is 5.40. The first-order valence-electron chi connectivity index (χ1n) is 5.32. The van der Waals surface area contributed by atoms with Crippen LogP contribution in [0.1, 0.15) is 26.2 Å². The number of esters is 1. The van der Waals surface area contributed by atoms with E-state index in [4.69, 9.17) is 4.74 Å². The third kappa shape index (κ3) is 5.76. The molecule has 7 heteroatoms. The molecule has 1 rings (SSSR count). The van der Waals surface area contributed by atoms with E-state index in [1.807, 2.05) is 4.57 Å². The molecule has 0 amide bonds. The molecular weight excluding hydrogens is 226 g/mol. The molecule has 0 saturated carbocycles. The van der Waals surface area contributed by atoms with E-state index in [9.17, 15) is 9.70 Å². The Bertz CT molecular complexity index is 351. The maximum absolute atomic E-state index is 11.0. The van der Waals surface area contributed by atoms with Gasteiger partial charge in [-0.15, -0.1) is 4.91 Å². The van der Waals surface area contributed by atoms with E-state index in [1.54, 1.807) is 19.4 Å². The van der Waals surface area contributed by atoms with Crippen molar-refractivity contribution in [3.63, 3.8) is 0 Å². The Morgan fingerprint density at radius 1 is 1.53 bits per heavy atom. The normalized spacial score (nSPS) is 9.47. The number of hydrogen-bond acceptors (Lipinski definition) is 5. The van der Waals surface area contributed by atoms with Gasteiger partial charge in [0.25, 0.3) is 5.82 Å². The standard InChI is InChI=1S/C10H15N3O3.H2O/c1-2-16-10(14)5-3-4-6-13-7-9(12-15)11-8-13;/h7-8H,2-6H2,1H3;1H2. The van der Waals surface area contributed by atoms with E-state index in [0.29, 0.717) is 18.8 Å². The van der Waals surface area contributed by atoms with Crippen molar-refractivity contribution in [1.82, 2.24) is 4.98 Å². The van der Waals surface area contributed by atoms with E-state index >= 15 is 0 Å². The molecule has 0 spiro atoms. The van der Waals surface area contributed by atoms with E-state index in [-0.39, 0.29) is 11.4 Å². The molecule has 0 bridgehead atoms. The number of hydrogen-bond donors (Lipinski definition) is 1. The van der Waals surface area contributed by atoms with Gasteiger partial charge in [0.1, 0.15) is 0 Å². The number of carbonyl (C=O) groups excluding carboxylic acids is 1. The Labute approximate surface area is 99.1 Å². The minimum Gasteiger partial charge on any atom is -0.870 e. The first-order valence-corrected chi connectivity index (χ1v) is 5.32. The number of aryl methyl sites for hydroxylation is 1. The highest BCUT2D eigenvalue weighted by Crippen LogP contribution is 2.02. The minimum atomic E-state index is -0.156. The number of imidazole rings is 1. The number of ether oxygens (including phenoxy) is 1. The molecule has 0 radical (unpaired) electrons. The predicted octanol–water partition coefficient (Wildman–Crippen LogP) is 1.26. The van der Waals surface area contributed by atoms with Crippen LogP contribution in [-0.4, -0.2) is 23.0 Å². The molecule has 0 aliphatic carbocycles. The lowest BCUT2D eigenvalue weighted by Gasteiger charge is -2.00. The lowest BCUT2D eigenvalue weighted by Crippen LogP contribution is -2.30. The highest BCUT2D eigenvalue weighted by Gasteiger charge is 2.06. The fraction of sp³-hybridized carbons (Fsp3) is 0.600. The SMILES string of the molecule is CCOC(=O)CCCC[n+]1c[nH]c(N=O)c1.[OH-]. The largest absolute Gasteiger partial charge is 0.870 e.